The molecule has 4 rings (SSSR count). The Labute approximate surface area is 155 Å². The lowest BCUT2D eigenvalue weighted by atomic mass is 9.88. The van der Waals surface area contributed by atoms with Crippen LogP contribution in [0.15, 0.2) is 36.5 Å². The lowest BCUT2D eigenvalue weighted by molar-refractivity contribution is -0.121. The molecule has 0 aliphatic carbocycles. The number of ether oxygens (including phenoxy) is 2. The van der Waals surface area contributed by atoms with Crippen LogP contribution in [0.4, 0.5) is 5.69 Å². The molecule has 0 saturated carbocycles. The van der Waals surface area contributed by atoms with Gasteiger partial charge in [0.25, 0.3) is 0 Å². The SMILES string of the molecule is O=C(Nc1ccc(Oc2ncc(Cl)cc2Cl)cc1)C1CC2CCC1O2. The van der Waals surface area contributed by atoms with Gasteiger partial charge in [0.05, 0.1) is 23.1 Å². The van der Waals surface area contributed by atoms with Gasteiger partial charge in [-0.25, -0.2) is 4.98 Å². The van der Waals surface area contributed by atoms with Gasteiger partial charge in [-0.2, -0.15) is 0 Å². The van der Waals surface area contributed by atoms with Gasteiger partial charge < -0.3 is 14.8 Å². The molecule has 1 aromatic heterocycles. The van der Waals surface area contributed by atoms with Gasteiger partial charge in [-0.1, -0.05) is 23.2 Å². The Morgan fingerprint density at radius 2 is 2.04 bits per heavy atom. The summed E-state index contributed by atoms with van der Waals surface area (Å²) in [6, 6.07) is 8.63. The Balaban J connectivity index is 1.39. The van der Waals surface area contributed by atoms with Crippen LogP contribution in [0, 0.1) is 5.92 Å². The van der Waals surface area contributed by atoms with Crippen molar-refractivity contribution in [1.29, 1.82) is 0 Å². The average molecular weight is 379 g/mol. The van der Waals surface area contributed by atoms with Crippen LogP contribution in [0.25, 0.3) is 0 Å². The fourth-order valence-corrected chi connectivity index (χ4v) is 3.76. The van der Waals surface area contributed by atoms with E-state index in [0.29, 0.717) is 15.8 Å². The molecule has 130 valence electrons. The Kier molecular flexibility index (Phi) is 4.54. The number of hydrogen-bond donors (Lipinski definition) is 1. The van der Waals surface area contributed by atoms with E-state index in [1.807, 2.05) is 0 Å². The molecule has 2 aliphatic heterocycles. The van der Waals surface area contributed by atoms with Crippen molar-refractivity contribution in [3.63, 3.8) is 0 Å². The van der Waals surface area contributed by atoms with Gasteiger partial charge >= 0.3 is 0 Å². The van der Waals surface area contributed by atoms with Crippen LogP contribution in [0.1, 0.15) is 19.3 Å². The van der Waals surface area contributed by atoms with E-state index in [9.17, 15) is 4.79 Å². The molecular weight excluding hydrogens is 363 g/mol. The Morgan fingerprint density at radius 1 is 1.24 bits per heavy atom. The molecule has 3 unspecified atom stereocenters. The van der Waals surface area contributed by atoms with Gasteiger partial charge in [0.2, 0.25) is 11.8 Å². The summed E-state index contributed by atoms with van der Waals surface area (Å²) in [5.74, 6) is 0.815. The van der Waals surface area contributed by atoms with Crippen LogP contribution >= 0.6 is 23.2 Å². The first-order valence-electron chi connectivity index (χ1n) is 8.14. The minimum Gasteiger partial charge on any atom is -0.438 e. The monoisotopic (exact) mass is 378 g/mol. The molecule has 0 radical (unpaired) electrons. The van der Waals surface area contributed by atoms with E-state index in [2.05, 4.69) is 10.3 Å². The quantitative estimate of drug-likeness (QED) is 0.838. The predicted molar refractivity (Wildman–Crippen MR) is 95.4 cm³/mol. The van der Waals surface area contributed by atoms with Crippen molar-refractivity contribution in [3.8, 4) is 11.6 Å². The number of fused-ring (bicyclic) bond motifs is 2. The fraction of sp³-hybridized carbons (Fsp3) is 0.333. The molecule has 5 nitrogen and oxygen atoms in total. The van der Waals surface area contributed by atoms with Gasteiger partial charge in [-0.3, -0.25) is 4.79 Å². The Bertz CT molecular complexity index is 797. The molecule has 2 aliphatic rings. The molecule has 3 heterocycles. The van der Waals surface area contributed by atoms with E-state index in [0.717, 1.165) is 24.9 Å². The van der Waals surface area contributed by atoms with Crippen LogP contribution in [-0.2, 0) is 9.53 Å². The highest BCUT2D eigenvalue weighted by Gasteiger charge is 2.44. The molecule has 1 amide bonds. The van der Waals surface area contributed by atoms with Gasteiger partial charge in [0.1, 0.15) is 10.8 Å². The van der Waals surface area contributed by atoms with Crippen molar-refractivity contribution in [1.82, 2.24) is 4.98 Å². The lowest BCUT2D eigenvalue weighted by Gasteiger charge is -2.18. The third kappa shape index (κ3) is 3.59. The van der Waals surface area contributed by atoms with E-state index < -0.39 is 0 Å². The number of amides is 1. The summed E-state index contributed by atoms with van der Waals surface area (Å²) in [4.78, 5) is 16.4. The molecule has 2 bridgehead atoms. The number of halogens is 2. The third-order valence-corrected chi connectivity index (χ3v) is 5.03. The summed E-state index contributed by atoms with van der Waals surface area (Å²) in [6.07, 6.45) is 4.66. The second-order valence-electron chi connectivity index (χ2n) is 6.27. The number of benzene rings is 1. The number of nitrogens with zero attached hydrogens (tertiary/aromatic N) is 1. The van der Waals surface area contributed by atoms with Crippen LogP contribution in [-0.4, -0.2) is 23.1 Å². The molecule has 1 aromatic carbocycles. The normalized spacial score (nSPS) is 24.3. The zero-order valence-corrected chi connectivity index (χ0v) is 14.8. The first-order chi connectivity index (χ1) is 12.1. The van der Waals surface area contributed by atoms with Gasteiger partial charge in [-0.05, 0) is 49.6 Å². The first-order valence-corrected chi connectivity index (χ1v) is 8.89. The van der Waals surface area contributed by atoms with Crippen molar-refractivity contribution in [3.05, 3.63) is 46.6 Å². The smallest absolute Gasteiger partial charge is 0.238 e. The second-order valence-corrected chi connectivity index (χ2v) is 7.12. The Hall–Kier alpha value is -1.82. The summed E-state index contributed by atoms with van der Waals surface area (Å²) in [6.45, 7) is 0. The standard InChI is InChI=1S/C18H16Cl2N2O3/c19-10-7-15(20)18(21-9-10)25-12-3-1-11(2-4-12)22-17(23)14-8-13-5-6-16(14)24-13/h1-4,7,9,13-14,16H,5-6,8H2,(H,22,23). The zero-order valence-electron chi connectivity index (χ0n) is 13.2. The number of pyridine rings is 1. The largest absolute Gasteiger partial charge is 0.438 e. The van der Waals surface area contributed by atoms with E-state index >= 15 is 0 Å². The minimum absolute atomic E-state index is 0.0169. The topological polar surface area (TPSA) is 60.5 Å². The van der Waals surface area contributed by atoms with Crippen molar-refractivity contribution in [2.75, 3.05) is 5.32 Å². The highest BCUT2D eigenvalue weighted by atomic mass is 35.5. The van der Waals surface area contributed by atoms with Crippen LogP contribution in [0.3, 0.4) is 0 Å². The molecular formula is C18H16Cl2N2O3. The number of carbonyl (C=O) groups excluding carboxylic acids is 1. The maximum absolute atomic E-state index is 12.4. The van der Waals surface area contributed by atoms with Crippen molar-refractivity contribution >= 4 is 34.8 Å². The number of carbonyl (C=O) groups is 1. The zero-order chi connectivity index (χ0) is 17.4. The van der Waals surface area contributed by atoms with Gasteiger partial charge in [0.15, 0.2) is 0 Å². The van der Waals surface area contributed by atoms with Crippen LogP contribution in [0.5, 0.6) is 11.6 Å². The van der Waals surface area contributed by atoms with Crippen molar-refractivity contribution < 1.29 is 14.3 Å². The number of rotatable bonds is 4. The lowest BCUT2D eigenvalue weighted by Crippen LogP contribution is -2.30. The van der Waals surface area contributed by atoms with E-state index in [1.54, 1.807) is 30.3 Å². The third-order valence-electron chi connectivity index (χ3n) is 4.55. The van der Waals surface area contributed by atoms with Gasteiger partial charge in [0, 0.05) is 11.9 Å². The molecule has 0 spiro atoms. The number of hydrogen-bond acceptors (Lipinski definition) is 4. The maximum Gasteiger partial charge on any atom is 0.238 e. The summed E-state index contributed by atoms with van der Waals surface area (Å²) in [5.41, 5.74) is 0.718. The predicted octanol–water partition coefficient (Wildman–Crippen LogP) is 4.69. The number of nitrogens with one attached hydrogen (secondary N) is 1. The van der Waals surface area contributed by atoms with E-state index in [4.69, 9.17) is 32.7 Å². The molecule has 3 atom stereocenters. The molecule has 7 heteroatoms. The van der Waals surface area contributed by atoms with E-state index in [1.165, 1.54) is 6.20 Å². The molecule has 2 fully saturated rings. The molecule has 2 aromatic rings. The number of aromatic nitrogens is 1. The molecule has 25 heavy (non-hydrogen) atoms. The highest BCUT2D eigenvalue weighted by Crippen LogP contribution is 2.39. The summed E-state index contributed by atoms with van der Waals surface area (Å²) in [7, 11) is 0. The summed E-state index contributed by atoms with van der Waals surface area (Å²) < 4.78 is 11.4. The average Bonchev–Trinajstić information content (AvgIpc) is 3.22. The van der Waals surface area contributed by atoms with Crippen molar-refractivity contribution in [2.24, 2.45) is 5.92 Å². The number of anilines is 1. The van der Waals surface area contributed by atoms with Crippen LogP contribution in [0.2, 0.25) is 10.0 Å². The molecule has 2 saturated heterocycles. The summed E-state index contributed by atoms with van der Waals surface area (Å²) >= 11 is 11.9. The second kappa shape index (κ2) is 6.83. The van der Waals surface area contributed by atoms with Crippen LogP contribution < -0.4 is 10.1 Å². The highest BCUT2D eigenvalue weighted by molar-refractivity contribution is 6.35. The van der Waals surface area contributed by atoms with Gasteiger partial charge in [-0.15, -0.1) is 0 Å². The fourth-order valence-electron chi connectivity index (χ4n) is 3.34. The molecule has 1 N–H and O–H groups in total. The van der Waals surface area contributed by atoms with E-state index in [-0.39, 0.29) is 29.9 Å². The van der Waals surface area contributed by atoms with Crippen molar-refractivity contribution in [2.45, 2.75) is 31.5 Å². The minimum atomic E-state index is -0.0493. The Morgan fingerprint density at radius 3 is 2.68 bits per heavy atom. The summed E-state index contributed by atoms with van der Waals surface area (Å²) in [5, 5.41) is 3.72. The maximum atomic E-state index is 12.4. The first kappa shape index (κ1) is 16.6.